The van der Waals surface area contributed by atoms with Crippen molar-refractivity contribution in [1.82, 2.24) is 0 Å². The molecular formula is C28H24Cl2N4O7Sn. The predicted octanol–water partition coefficient (Wildman–Crippen LogP) is 5.54. The fraction of sp³-hybridized carbons (Fsp3) is 0.0714. The standard InChI is InChI=1S/C13H8N2O4.C13H10N2O2.C2H6O.2ClH.Sn/c14-7-1-3-9-11(5-7)19-12-6-8(15(17)18)2-4-10(12)13(9)16;14-7-1-3-9-11(5-7)17-12-6-8(15)2-4-10(12)13(9)16;1-2-3;;;/h1-6H,14H2;1-6H,14-15H2;3H,2H2,1H3;2*1H;/q;;;;;+2/p-2. The summed E-state index contributed by atoms with van der Waals surface area (Å²) >= 11 is -0.826. The first kappa shape index (κ1) is 32.5. The molecular weight excluding hydrogens is 694 g/mol. The average Bonchev–Trinajstić information content (AvgIpc) is 2.93. The van der Waals surface area contributed by atoms with Crippen LogP contribution >= 0.6 is 17.8 Å². The first-order valence-corrected chi connectivity index (χ1v) is 19.3. The van der Waals surface area contributed by atoms with Gasteiger partial charge in [-0.05, 0) is 49.4 Å². The van der Waals surface area contributed by atoms with Crippen LogP contribution in [0.25, 0.3) is 43.9 Å². The Morgan fingerprint density at radius 3 is 1.31 bits per heavy atom. The quantitative estimate of drug-likeness (QED) is 0.0550. The van der Waals surface area contributed by atoms with Crippen LogP contribution in [0.2, 0.25) is 0 Å². The van der Waals surface area contributed by atoms with Crippen molar-refractivity contribution < 1.29 is 18.9 Å². The second-order valence-electron chi connectivity index (χ2n) is 8.45. The zero-order valence-corrected chi connectivity index (χ0v) is 26.3. The minimum absolute atomic E-state index is 0.0683. The summed E-state index contributed by atoms with van der Waals surface area (Å²) in [5.74, 6) is 0. The van der Waals surface area contributed by atoms with E-state index in [1.54, 1.807) is 55.5 Å². The molecule has 0 bridgehead atoms. The molecule has 6 aromatic rings. The zero-order valence-electron chi connectivity index (χ0n) is 22.0. The van der Waals surface area contributed by atoms with Crippen LogP contribution in [-0.4, -0.2) is 35.5 Å². The summed E-state index contributed by atoms with van der Waals surface area (Å²) < 4.78 is 11.1. The van der Waals surface area contributed by atoms with Gasteiger partial charge in [-0.1, -0.05) is 0 Å². The van der Waals surface area contributed by atoms with E-state index in [1.165, 1.54) is 24.3 Å². The molecule has 2 aromatic heterocycles. The number of rotatable bonds is 1. The van der Waals surface area contributed by atoms with E-state index in [1.807, 2.05) is 0 Å². The number of aliphatic hydroxyl groups is 1. The van der Waals surface area contributed by atoms with Gasteiger partial charge >= 0.3 is 36.7 Å². The number of hydrogen-bond acceptors (Lipinski definition) is 10. The molecule has 0 saturated carbocycles. The molecule has 2 radical (unpaired) electrons. The van der Waals surface area contributed by atoms with E-state index in [-0.39, 0.29) is 28.7 Å². The summed E-state index contributed by atoms with van der Waals surface area (Å²) in [6.07, 6.45) is 0. The van der Waals surface area contributed by atoms with Crippen molar-refractivity contribution in [3.8, 4) is 0 Å². The van der Waals surface area contributed by atoms with Crippen molar-refractivity contribution in [3.05, 3.63) is 103 Å². The van der Waals surface area contributed by atoms with Crippen LogP contribution < -0.4 is 28.1 Å². The van der Waals surface area contributed by atoms with E-state index in [4.69, 9.17) is 49.0 Å². The summed E-state index contributed by atoms with van der Waals surface area (Å²) in [5, 5.41) is 20.0. The molecule has 2 heterocycles. The predicted molar refractivity (Wildman–Crippen MR) is 170 cm³/mol. The van der Waals surface area contributed by atoms with Crippen molar-refractivity contribution in [2.24, 2.45) is 0 Å². The molecule has 6 rings (SSSR count). The number of hydrogen-bond donors (Lipinski definition) is 4. The molecule has 0 aliphatic rings. The zero-order chi connectivity index (χ0) is 31.0. The number of anilines is 3. The molecule has 0 aliphatic carbocycles. The van der Waals surface area contributed by atoms with Crippen molar-refractivity contribution in [2.75, 3.05) is 23.8 Å². The van der Waals surface area contributed by atoms with Crippen LogP contribution in [0.1, 0.15) is 6.92 Å². The molecule has 216 valence electrons. The molecule has 0 spiro atoms. The number of aliphatic hydroxyl groups excluding tert-OH is 1. The van der Waals surface area contributed by atoms with Gasteiger partial charge < -0.3 is 31.1 Å². The fourth-order valence-corrected chi connectivity index (χ4v) is 3.86. The Balaban J connectivity index is 0.000000195. The van der Waals surface area contributed by atoms with Gasteiger partial charge in [0.25, 0.3) is 5.69 Å². The van der Waals surface area contributed by atoms with Crippen molar-refractivity contribution in [2.45, 2.75) is 6.92 Å². The molecule has 0 saturated heterocycles. The van der Waals surface area contributed by atoms with Crippen LogP contribution in [0.15, 0.2) is 91.2 Å². The van der Waals surface area contributed by atoms with Crippen molar-refractivity contribution in [1.29, 1.82) is 0 Å². The van der Waals surface area contributed by atoms with Gasteiger partial charge in [0.05, 0.1) is 32.5 Å². The van der Waals surface area contributed by atoms with Gasteiger partial charge in [0, 0.05) is 47.9 Å². The first-order chi connectivity index (χ1) is 20.0. The van der Waals surface area contributed by atoms with E-state index < -0.39 is 23.8 Å². The third kappa shape index (κ3) is 7.62. The van der Waals surface area contributed by atoms with Gasteiger partial charge in [-0.25, -0.2) is 0 Å². The van der Waals surface area contributed by atoms with Gasteiger partial charge in [0.1, 0.15) is 22.3 Å². The maximum absolute atomic E-state index is 12.2. The molecule has 0 unspecified atom stereocenters. The number of nitro groups is 1. The average molecular weight is 718 g/mol. The SMILES string of the molecule is CCO.Nc1ccc2c(=O)c3ccc(N)cc3oc2c1.Nc1ccc2c(=O)c3ccc([N+](=O)[O-])cc3oc2c1.[Cl][Sn][Cl]. The van der Waals surface area contributed by atoms with Crippen LogP contribution in [-0.2, 0) is 0 Å². The Kier molecular flexibility index (Phi) is 11.4. The topological polar surface area (TPSA) is 202 Å². The van der Waals surface area contributed by atoms with E-state index in [2.05, 4.69) is 0 Å². The second-order valence-corrected chi connectivity index (χ2v) is 12.7. The molecule has 0 fully saturated rings. The van der Waals surface area contributed by atoms with E-state index in [0.717, 1.165) is 0 Å². The summed E-state index contributed by atoms with van der Waals surface area (Å²) in [6, 6.07) is 18.6. The molecule has 11 nitrogen and oxygen atoms in total. The summed E-state index contributed by atoms with van der Waals surface area (Å²) in [5.41, 5.74) is 19.6. The molecule has 0 atom stereocenters. The molecule has 4 aromatic carbocycles. The Morgan fingerprint density at radius 1 is 0.714 bits per heavy atom. The fourth-order valence-electron chi connectivity index (χ4n) is 3.86. The molecule has 0 amide bonds. The number of nitrogens with zero attached hydrogens (tertiary/aromatic N) is 1. The van der Waals surface area contributed by atoms with Gasteiger partial charge in [0.15, 0.2) is 0 Å². The minimum atomic E-state index is -0.826. The van der Waals surface area contributed by atoms with E-state index in [9.17, 15) is 19.7 Å². The van der Waals surface area contributed by atoms with E-state index >= 15 is 0 Å². The summed E-state index contributed by atoms with van der Waals surface area (Å²) in [4.78, 5) is 34.6. The molecule has 7 N–H and O–H groups in total. The number of nitrogens with two attached hydrogens (primary N) is 3. The van der Waals surface area contributed by atoms with Crippen LogP contribution in [0.5, 0.6) is 0 Å². The van der Waals surface area contributed by atoms with E-state index in [0.29, 0.717) is 55.4 Å². The number of benzene rings is 4. The second kappa shape index (κ2) is 14.7. The molecule has 14 heteroatoms. The first-order valence-electron chi connectivity index (χ1n) is 12.0. The summed E-state index contributed by atoms with van der Waals surface area (Å²) in [7, 11) is 9.87. The molecule has 0 aliphatic heterocycles. The number of halogens is 2. The van der Waals surface area contributed by atoms with Gasteiger partial charge in [0.2, 0.25) is 10.9 Å². The van der Waals surface area contributed by atoms with Gasteiger partial charge in [-0.2, -0.15) is 0 Å². The van der Waals surface area contributed by atoms with Crippen LogP contribution in [0.4, 0.5) is 22.7 Å². The van der Waals surface area contributed by atoms with Crippen molar-refractivity contribution in [3.63, 3.8) is 0 Å². The Bertz CT molecular complexity index is 1950. The normalized spacial score (nSPS) is 10.3. The molecule has 42 heavy (non-hydrogen) atoms. The van der Waals surface area contributed by atoms with Crippen LogP contribution in [0.3, 0.4) is 0 Å². The number of fused-ring (bicyclic) bond motifs is 4. The van der Waals surface area contributed by atoms with Gasteiger partial charge in [-0.15, -0.1) is 0 Å². The summed E-state index contributed by atoms with van der Waals surface area (Å²) in [6.45, 7) is 1.93. The Hall–Kier alpha value is -4.04. The van der Waals surface area contributed by atoms with Gasteiger partial charge in [-0.3, -0.25) is 19.7 Å². The monoisotopic (exact) mass is 718 g/mol. The van der Waals surface area contributed by atoms with Crippen molar-refractivity contribution >= 4 is 103 Å². The van der Waals surface area contributed by atoms with Crippen LogP contribution in [0, 0.1) is 10.1 Å². The maximum atomic E-state index is 12.2. The number of nitrogen functional groups attached to an aromatic ring is 3. The Labute approximate surface area is 255 Å². The number of non-ortho nitro benzene ring substituents is 1. The number of nitro benzene ring substituents is 1. The third-order valence-electron chi connectivity index (χ3n) is 5.61. The third-order valence-corrected chi connectivity index (χ3v) is 5.61. The Morgan fingerprint density at radius 2 is 1.00 bits per heavy atom.